The molecule has 0 saturated heterocycles. The topological polar surface area (TPSA) is 30.0 Å². The quantitative estimate of drug-likeness (QED) is 0.626. The van der Waals surface area contributed by atoms with E-state index in [9.17, 15) is 4.79 Å². The van der Waals surface area contributed by atoms with Crippen molar-refractivity contribution in [3.8, 4) is 0 Å². The van der Waals surface area contributed by atoms with Gasteiger partial charge in [0, 0.05) is 5.41 Å². The van der Waals surface area contributed by atoms with Crippen LogP contribution in [-0.4, -0.2) is 11.3 Å². The van der Waals surface area contributed by atoms with Gasteiger partial charge in [-0.05, 0) is 6.92 Å². The molecule has 1 aromatic heterocycles. The molecule has 0 radical (unpaired) electrons. The van der Waals surface area contributed by atoms with Crippen LogP contribution in [0.15, 0.2) is 0 Å². The molecule has 0 aliphatic rings. The first-order valence-corrected chi connectivity index (χ1v) is 4.70. The minimum Gasteiger partial charge on any atom is -0.297 e. The normalized spacial score (nSPS) is 11.7. The number of aldehydes is 1. The van der Waals surface area contributed by atoms with Gasteiger partial charge in [-0.2, -0.15) is 0 Å². The first kappa shape index (κ1) is 9.39. The van der Waals surface area contributed by atoms with E-state index < -0.39 is 0 Å². The molecule has 0 atom stereocenters. The van der Waals surface area contributed by atoms with Crippen molar-refractivity contribution < 1.29 is 4.79 Å². The summed E-state index contributed by atoms with van der Waals surface area (Å²) in [7, 11) is 0. The number of aromatic nitrogens is 1. The zero-order valence-electron chi connectivity index (χ0n) is 7.84. The zero-order valence-corrected chi connectivity index (χ0v) is 8.66. The van der Waals surface area contributed by atoms with E-state index in [1.54, 1.807) is 0 Å². The minimum absolute atomic E-state index is 0.0268. The van der Waals surface area contributed by atoms with E-state index in [0.29, 0.717) is 0 Å². The monoisotopic (exact) mass is 183 g/mol. The van der Waals surface area contributed by atoms with Gasteiger partial charge in [-0.1, -0.05) is 20.8 Å². The summed E-state index contributed by atoms with van der Waals surface area (Å²) < 4.78 is 0. The predicted molar refractivity (Wildman–Crippen MR) is 50.9 cm³/mol. The molecule has 0 amide bonds. The minimum atomic E-state index is -0.0268. The van der Waals surface area contributed by atoms with Crippen molar-refractivity contribution >= 4 is 17.6 Å². The Morgan fingerprint density at radius 3 is 2.33 bits per heavy atom. The van der Waals surface area contributed by atoms with Gasteiger partial charge in [-0.25, -0.2) is 4.98 Å². The lowest BCUT2D eigenvalue weighted by Gasteiger charge is -2.15. The van der Waals surface area contributed by atoms with Gasteiger partial charge < -0.3 is 0 Å². The highest BCUT2D eigenvalue weighted by Crippen LogP contribution is 2.27. The van der Waals surface area contributed by atoms with Gasteiger partial charge in [0.1, 0.15) is 0 Å². The lowest BCUT2D eigenvalue weighted by Crippen LogP contribution is -2.13. The Hall–Kier alpha value is -0.700. The van der Waals surface area contributed by atoms with Crippen molar-refractivity contribution in [1.29, 1.82) is 0 Å². The van der Waals surface area contributed by atoms with E-state index in [1.807, 2.05) is 6.92 Å². The summed E-state index contributed by atoms with van der Waals surface area (Å²) in [6, 6.07) is 0. The second kappa shape index (κ2) is 2.98. The largest absolute Gasteiger partial charge is 0.297 e. The number of rotatable bonds is 1. The van der Waals surface area contributed by atoms with E-state index in [1.165, 1.54) is 11.3 Å². The highest BCUT2D eigenvalue weighted by atomic mass is 32.1. The summed E-state index contributed by atoms with van der Waals surface area (Å²) in [4.78, 5) is 15.8. The van der Waals surface area contributed by atoms with Crippen molar-refractivity contribution in [2.45, 2.75) is 33.1 Å². The third kappa shape index (κ3) is 1.72. The van der Waals surface area contributed by atoms with E-state index in [4.69, 9.17) is 0 Å². The second-order valence-corrected chi connectivity index (χ2v) is 5.05. The molecule has 0 N–H and O–H groups in total. The molecule has 0 bridgehead atoms. The van der Waals surface area contributed by atoms with Gasteiger partial charge in [0.05, 0.1) is 15.6 Å². The lowest BCUT2D eigenvalue weighted by molar-refractivity contribution is 0.112. The highest BCUT2D eigenvalue weighted by molar-refractivity contribution is 7.13. The molecule has 0 aliphatic carbocycles. The molecule has 0 aliphatic heterocycles. The summed E-state index contributed by atoms with van der Waals surface area (Å²) in [6.07, 6.45) is 0.894. The summed E-state index contributed by atoms with van der Waals surface area (Å²) in [5.74, 6) is 0. The van der Waals surface area contributed by atoms with Gasteiger partial charge >= 0.3 is 0 Å². The van der Waals surface area contributed by atoms with Crippen LogP contribution in [0.5, 0.6) is 0 Å². The Balaban J connectivity index is 3.22. The molecular formula is C9H13NOS. The Bertz CT molecular complexity index is 296. The Kier molecular flexibility index (Phi) is 2.33. The smallest absolute Gasteiger partial charge is 0.161 e. The zero-order chi connectivity index (χ0) is 9.35. The molecule has 0 saturated carbocycles. The fraction of sp³-hybridized carbons (Fsp3) is 0.556. The van der Waals surface area contributed by atoms with Crippen LogP contribution >= 0.6 is 11.3 Å². The van der Waals surface area contributed by atoms with Crippen LogP contribution in [0.25, 0.3) is 0 Å². The Labute approximate surface area is 76.6 Å². The summed E-state index contributed by atoms with van der Waals surface area (Å²) in [5.41, 5.74) is 0.890. The van der Waals surface area contributed by atoms with Crippen LogP contribution in [0.3, 0.4) is 0 Å². The molecular weight excluding hydrogens is 170 g/mol. The SMILES string of the molecule is Cc1nc(C(C)(C)C)c(C=O)s1. The van der Waals surface area contributed by atoms with E-state index >= 15 is 0 Å². The number of hydrogen-bond donors (Lipinski definition) is 0. The Morgan fingerprint density at radius 1 is 1.42 bits per heavy atom. The molecule has 66 valence electrons. The first-order valence-electron chi connectivity index (χ1n) is 3.88. The molecule has 0 spiro atoms. The van der Waals surface area contributed by atoms with Crippen molar-refractivity contribution in [1.82, 2.24) is 4.98 Å². The van der Waals surface area contributed by atoms with Crippen LogP contribution in [0.1, 0.15) is 41.1 Å². The molecule has 0 aromatic carbocycles. The fourth-order valence-corrected chi connectivity index (χ4v) is 2.01. The molecule has 0 fully saturated rings. The first-order chi connectivity index (χ1) is 5.45. The van der Waals surface area contributed by atoms with Crippen LogP contribution < -0.4 is 0 Å². The van der Waals surface area contributed by atoms with Crippen LogP contribution in [0.4, 0.5) is 0 Å². The molecule has 2 nitrogen and oxygen atoms in total. The van der Waals surface area contributed by atoms with Gasteiger partial charge in [-0.15, -0.1) is 11.3 Å². The third-order valence-corrected chi connectivity index (χ3v) is 2.47. The van der Waals surface area contributed by atoms with E-state index in [-0.39, 0.29) is 5.41 Å². The van der Waals surface area contributed by atoms with E-state index in [0.717, 1.165) is 21.9 Å². The number of thiazole rings is 1. The summed E-state index contributed by atoms with van der Waals surface area (Å²) >= 11 is 1.46. The second-order valence-electron chi connectivity index (χ2n) is 3.81. The maximum Gasteiger partial charge on any atom is 0.161 e. The summed E-state index contributed by atoms with van der Waals surface area (Å²) in [5, 5.41) is 0.960. The number of nitrogens with zero attached hydrogens (tertiary/aromatic N) is 1. The predicted octanol–water partition coefficient (Wildman–Crippen LogP) is 2.56. The van der Waals surface area contributed by atoms with E-state index in [2.05, 4.69) is 25.8 Å². The number of carbonyl (C=O) groups excluding carboxylic acids is 1. The number of carbonyl (C=O) groups is 1. The van der Waals surface area contributed by atoms with Crippen LogP contribution in [0, 0.1) is 6.92 Å². The Morgan fingerprint density at radius 2 is 2.00 bits per heavy atom. The molecule has 12 heavy (non-hydrogen) atoms. The average molecular weight is 183 g/mol. The van der Waals surface area contributed by atoms with Crippen molar-refractivity contribution in [3.05, 3.63) is 15.6 Å². The fourth-order valence-electron chi connectivity index (χ4n) is 1.06. The van der Waals surface area contributed by atoms with Gasteiger partial charge in [0.15, 0.2) is 6.29 Å². The highest BCUT2D eigenvalue weighted by Gasteiger charge is 2.21. The molecule has 1 heterocycles. The molecule has 1 aromatic rings. The average Bonchev–Trinajstić information content (AvgIpc) is 2.29. The van der Waals surface area contributed by atoms with Gasteiger partial charge in [-0.3, -0.25) is 4.79 Å². The third-order valence-electron chi connectivity index (χ3n) is 1.58. The molecule has 0 unspecified atom stereocenters. The molecule has 1 rings (SSSR count). The van der Waals surface area contributed by atoms with Crippen molar-refractivity contribution in [3.63, 3.8) is 0 Å². The van der Waals surface area contributed by atoms with Gasteiger partial charge in [0.25, 0.3) is 0 Å². The van der Waals surface area contributed by atoms with Crippen molar-refractivity contribution in [2.24, 2.45) is 0 Å². The molecule has 3 heteroatoms. The number of hydrogen-bond acceptors (Lipinski definition) is 3. The van der Waals surface area contributed by atoms with Crippen molar-refractivity contribution in [2.75, 3.05) is 0 Å². The number of aryl methyl sites for hydroxylation is 1. The maximum atomic E-state index is 10.7. The van der Waals surface area contributed by atoms with Crippen LogP contribution in [0.2, 0.25) is 0 Å². The lowest BCUT2D eigenvalue weighted by atomic mass is 9.91. The summed E-state index contributed by atoms with van der Waals surface area (Å²) in [6.45, 7) is 8.12. The standard InChI is InChI=1S/C9H13NOS/c1-6-10-8(9(2,3)4)7(5-11)12-6/h5H,1-4H3. The van der Waals surface area contributed by atoms with Crippen LogP contribution in [-0.2, 0) is 5.41 Å². The van der Waals surface area contributed by atoms with Gasteiger partial charge in [0.2, 0.25) is 0 Å². The maximum absolute atomic E-state index is 10.7.